The Morgan fingerprint density at radius 2 is 1.93 bits per heavy atom. The summed E-state index contributed by atoms with van der Waals surface area (Å²) < 4.78 is 5.15. The number of carbonyl (C=O) groups is 1. The van der Waals surface area contributed by atoms with Gasteiger partial charge >= 0.3 is 6.09 Å². The number of anilines is 2. The number of ether oxygens (including phenoxy) is 1. The number of rotatable bonds is 6. The second-order valence-electron chi connectivity index (χ2n) is 6.55. The van der Waals surface area contributed by atoms with Crippen LogP contribution in [-0.4, -0.2) is 27.7 Å². The molecule has 1 amide bonds. The first-order valence-corrected chi connectivity index (χ1v) is 8.99. The Bertz CT molecular complexity index is 857. The van der Waals surface area contributed by atoms with Gasteiger partial charge < -0.3 is 10.1 Å². The minimum atomic E-state index is -0.586. The van der Waals surface area contributed by atoms with E-state index >= 15 is 0 Å². The van der Waals surface area contributed by atoms with E-state index in [2.05, 4.69) is 37.7 Å². The second kappa shape index (κ2) is 8.93. The molecule has 0 atom stereocenters. The molecule has 1 heterocycles. The molecule has 144 valence electrons. The van der Waals surface area contributed by atoms with Crippen LogP contribution in [0.25, 0.3) is 11.4 Å². The van der Waals surface area contributed by atoms with Crippen LogP contribution in [0, 0.1) is 5.92 Å². The van der Waals surface area contributed by atoms with Gasteiger partial charge in [0.25, 0.3) is 0 Å². The summed E-state index contributed by atoms with van der Waals surface area (Å²) in [4.78, 5) is 25.1. The molecule has 0 fully saturated rings. The summed E-state index contributed by atoms with van der Waals surface area (Å²) in [5.74, 6) is 1.21. The van der Waals surface area contributed by atoms with Gasteiger partial charge in [0.1, 0.15) is 0 Å². The van der Waals surface area contributed by atoms with E-state index in [0.29, 0.717) is 18.4 Å². The number of hydrogen-bond acceptors (Lipinski definition) is 6. The van der Waals surface area contributed by atoms with Crippen LogP contribution in [0.15, 0.2) is 54.3 Å². The maximum Gasteiger partial charge on any atom is 0.414 e. The average molecular weight is 369 g/mol. The lowest BCUT2D eigenvalue weighted by Crippen LogP contribution is -2.19. The highest BCUT2D eigenvalue weighted by molar-refractivity contribution is 5.82. The van der Waals surface area contributed by atoms with Crippen LogP contribution in [0.3, 0.4) is 0 Å². The highest BCUT2D eigenvalue weighted by Crippen LogP contribution is 2.19. The van der Waals surface area contributed by atoms with Crippen molar-refractivity contribution < 1.29 is 12.4 Å². The summed E-state index contributed by atoms with van der Waals surface area (Å²) in [6.07, 6.45) is 7.55. The Labute approximate surface area is 161 Å². The lowest BCUT2D eigenvalue weighted by Gasteiger charge is -2.12. The summed E-state index contributed by atoms with van der Waals surface area (Å²) in [6, 6.07) is 9.54. The minimum absolute atomic E-state index is 0. The van der Waals surface area contributed by atoms with Gasteiger partial charge in [-0.1, -0.05) is 56.3 Å². The van der Waals surface area contributed by atoms with E-state index in [0.717, 1.165) is 24.1 Å². The van der Waals surface area contributed by atoms with Crippen molar-refractivity contribution >= 4 is 18.0 Å². The molecule has 2 aromatic rings. The van der Waals surface area contributed by atoms with Crippen molar-refractivity contribution in [1.29, 1.82) is 0 Å². The Balaban J connectivity index is 0.00000210. The molecule has 1 aliphatic carbocycles. The fraction of sp³-hybridized carbons (Fsp3) is 0.300. The van der Waals surface area contributed by atoms with Gasteiger partial charge in [-0.2, -0.15) is 15.0 Å². The smallest absolute Gasteiger partial charge is 0.414 e. The SMILES string of the molecule is CC(C)COC(=O)Nc1nc(NC2=CCCC=C2)nc(-c2ccccc2)n1.[HH].[HH]. The Morgan fingerprint density at radius 1 is 1.15 bits per heavy atom. The monoisotopic (exact) mass is 369 g/mol. The van der Waals surface area contributed by atoms with Crippen molar-refractivity contribution in [2.45, 2.75) is 26.7 Å². The Morgan fingerprint density at radius 3 is 2.63 bits per heavy atom. The fourth-order valence-corrected chi connectivity index (χ4v) is 2.41. The van der Waals surface area contributed by atoms with Gasteiger partial charge in [0.15, 0.2) is 5.82 Å². The quantitative estimate of drug-likeness (QED) is 0.754. The van der Waals surface area contributed by atoms with Crippen LogP contribution in [0.1, 0.15) is 29.5 Å². The molecule has 0 saturated heterocycles. The topological polar surface area (TPSA) is 89.0 Å². The zero-order valence-electron chi connectivity index (χ0n) is 15.5. The van der Waals surface area contributed by atoms with E-state index in [-0.39, 0.29) is 14.7 Å². The van der Waals surface area contributed by atoms with E-state index in [1.807, 2.05) is 50.3 Å². The van der Waals surface area contributed by atoms with Crippen molar-refractivity contribution in [3.63, 3.8) is 0 Å². The molecule has 0 spiro atoms. The maximum absolute atomic E-state index is 12.0. The third-order valence-electron chi connectivity index (χ3n) is 3.68. The predicted octanol–water partition coefficient (Wildman–Crippen LogP) is 4.88. The van der Waals surface area contributed by atoms with Crippen molar-refractivity contribution in [3.05, 3.63) is 54.3 Å². The standard InChI is InChI=1S/C20H23N5O2.2H2/c1-14(2)13-27-20(26)25-19-23-17(15-9-5-3-6-10-15)22-18(24-19)21-16-11-7-4-8-12-16;;/h3,5-7,9-12,14H,4,8,13H2,1-2H3,(H2,21,22,23,24,25,26);2*1H. The second-order valence-corrected chi connectivity index (χ2v) is 6.55. The number of carbonyl (C=O) groups excluding carboxylic acids is 1. The van der Waals surface area contributed by atoms with Crippen LogP contribution < -0.4 is 10.6 Å². The van der Waals surface area contributed by atoms with Crippen molar-refractivity contribution in [2.75, 3.05) is 17.2 Å². The van der Waals surface area contributed by atoms with Crippen LogP contribution in [-0.2, 0) is 4.74 Å². The molecule has 0 aliphatic heterocycles. The number of nitrogens with zero attached hydrogens (tertiary/aromatic N) is 3. The van der Waals surface area contributed by atoms with Crippen molar-refractivity contribution in [3.8, 4) is 11.4 Å². The van der Waals surface area contributed by atoms with E-state index in [9.17, 15) is 4.79 Å². The maximum atomic E-state index is 12.0. The molecule has 3 rings (SSSR count). The number of allylic oxidation sites excluding steroid dienone is 3. The van der Waals surface area contributed by atoms with Crippen molar-refractivity contribution in [2.24, 2.45) is 5.92 Å². The number of aromatic nitrogens is 3. The van der Waals surface area contributed by atoms with Gasteiger partial charge in [0.2, 0.25) is 11.9 Å². The summed E-state index contributed by atoms with van der Waals surface area (Å²) in [5, 5.41) is 5.76. The zero-order valence-corrected chi connectivity index (χ0v) is 15.5. The number of amides is 1. The summed E-state index contributed by atoms with van der Waals surface area (Å²) in [5.41, 5.74) is 1.74. The largest absolute Gasteiger partial charge is 0.449 e. The first-order valence-electron chi connectivity index (χ1n) is 8.99. The molecule has 1 aliphatic rings. The highest BCUT2D eigenvalue weighted by Gasteiger charge is 2.13. The van der Waals surface area contributed by atoms with Gasteiger partial charge in [0.05, 0.1) is 6.61 Å². The van der Waals surface area contributed by atoms with E-state index in [4.69, 9.17) is 4.74 Å². The van der Waals surface area contributed by atoms with Gasteiger partial charge in [-0.3, -0.25) is 5.32 Å². The van der Waals surface area contributed by atoms with E-state index in [1.54, 1.807) is 0 Å². The lowest BCUT2D eigenvalue weighted by atomic mass is 10.1. The lowest BCUT2D eigenvalue weighted by molar-refractivity contribution is 0.147. The first-order chi connectivity index (χ1) is 13.1. The molecule has 7 heteroatoms. The summed E-state index contributed by atoms with van der Waals surface area (Å²) in [7, 11) is 0. The average Bonchev–Trinajstić information content (AvgIpc) is 2.68. The van der Waals surface area contributed by atoms with E-state index in [1.165, 1.54) is 0 Å². The predicted molar refractivity (Wildman–Crippen MR) is 109 cm³/mol. The van der Waals surface area contributed by atoms with Gasteiger partial charge in [-0.05, 0) is 24.8 Å². The summed E-state index contributed by atoms with van der Waals surface area (Å²) >= 11 is 0. The zero-order chi connectivity index (χ0) is 19.1. The third kappa shape index (κ3) is 5.64. The molecule has 0 radical (unpaired) electrons. The van der Waals surface area contributed by atoms with E-state index < -0.39 is 6.09 Å². The molecule has 1 aromatic carbocycles. The number of hydrogen-bond donors (Lipinski definition) is 2. The highest BCUT2D eigenvalue weighted by atomic mass is 16.5. The molecule has 1 aromatic heterocycles. The van der Waals surface area contributed by atoms with Crippen LogP contribution >= 0.6 is 0 Å². The minimum Gasteiger partial charge on any atom is -0.449 e. The normalized spacial score (nSPS) is 13.2. The molecule has 0 unspecified atom stereocenters. The first kappa shape index (κ1) is 18.6. The van der Waals surface area contributed by atoms with Crippen LogP contribution in [0.4, 0.5) is 16.7 Å². The van der Waals surface area contributed by atoms with Gasteiger partial charge in [-0.25, -0.2) is 4.79 Å². The fourth-order valence-electron chi connectivity index (χ4n) is 2.41. The van der Waals surface area contributed by atoms with Crippen LogP contribution in [0.2, 0.25) is 0 Å². The third-order valence-corrected chi connectivity index (χ3v) is 3.68. The molecular weight excluding hydrogens is 342 g/mol. The molecule has 0 saturated carbocycles. The van der Waals surface area contributed by atoms with Gasteiger partial charge in [0, 0.05) is 14.1 Å². The molecular formula is C20H27N5O2. The van der Waals surface area contributed by atoms with Crippen LogP contribution in [0.5, 0.6) is 0 Å². The molecule has 0 bridgehead atoms. The summed E-state index contributed by atoms with van der Waals surface area (Å²) in [6.45, 7) is 4.26. The Hall–Kier alpha value is -3.22. The molecule has 7 nitrogen and oxygen atoms in total. The Kier molecular flexibility index (Phi) is 6.14. The molecule has 27 heavy (non-hydrogen) atoms. The number of nitrogens with one attached hydrogen (secondary N) is 2. The molecule has 2 N–H and O–H groups in total. The number of benzene rings is 1. The van der Waals surface area contributed by atoms with Gasteiger partial charge in [-0.15, -0.1) is 0 Å². The van der Waals surface area contributed by atoms with Crippen molar-refractivity contribution in [1.82, 2.24) is 15.0 Å².